The lowest BCUT2D eigenvalue weighted by molar-refractivity contribution is 0.294. The quantitative estimate of drug-likeness (QED) is 0.585. The normalized spacial score (nSPS) is 11.4. The fourth-order valence-electron chi connectivity index (χ4n) is 2.50. The Bertz CT molecular complexity index is 855. The number of hydrogen-bond donors (Lipinski definition) is 2. The van der Waals surface area contributed by atoms with Crippen LogP contribution in [0.4, 0.5) is 0 Å². The van der Waals surface area contributed by atoms with Crippen molar-refractivity contribution in [2.24, 2.45) is 5.14 Å². The number of methoxy groups -OCH3 is 1. The van der Waals surface area contributed by atoms with Gasteiger partial charge in [0.15, 0.2) is 11.5 Å². The van der Waals surface area contributed by atoms with Crippen LogP contribution in [-0.2, 0) is 23.0 Å². The number of ether oxygens (including phenoxy) is 2. The van der Waals surface area contributed by atoms with E-state index in [1.165, 1.54) is 12.1 Å². The van der Waals surface area contributed by atoms with Crippen LogP contribution < -0.4 is 19.9 Å². The molecule has 0 aliphatic heterocycles. The molecule has 2 rings (SSSR count). The van der Waals surface area contributed by atoms with Crippen molar-refractivity contribution in [2.75, 3.05) is 20.3 Å². The molecule has 27 heavy (non-hydrogen) atoms. The molecule has 6 nitrogen and oxygen atoms in total. The summed E-state index contributed by atoms with van der Waals surface area (Å²) < 4.78 is 33.6. The number of halogens is 1. The molecule has 3 N–H and O–H groups in total. The Kier molecular flexibility index (Phi) is 7.91. The second-order valence-corrected chi connectivity index (χ2v) is 8.03. The molecule has 0 amide bonds. The summed E-state index contributed by atoms with van der Waals surface area (Å²) in [5.41, 5.74) is 1.93. The van der Waals surface area contributed by atoms with Crippen LogP contribution in [0.25, 0.3) is 0 Å². The van der Waals surface area contributed by atoms with Gasteiger partial charge in [0.25, 0.3) is 0 Å². The van der Waals surface area contributed by atoms with Crippen molar-refractivity contribution < 1.29 is 17.9 Å². The third-order valence-corrected chi connectivity index (χ3v) is 5.23. The van der Waals surface area contributed by atoms with Crippen molar-refractivity contribution in [2.45, 2.75) is 31.2 Å². The largest absolute Gasteiger partial charge is 0.493 e. The predicted octanol–water partition coefficient (Wildman–Crippen LogP) is 3.12. The van der Waals surface area contributed by atoms with E-state index in [2.05, 4.69) is 5.32 Å². The number of rotatable bonds is 10. The molecule has 0 saturated carbocycles. The van der Waals surface area contributed by atoms with E-state index >= 15 is 0 Å². The fraction of sp³-hybridized carbons (Fsp3) is 0.368. The zero-order chi connectivity index (χ0) is 19.9. The van der Waals surface area contributed by atoms with E-state index in [0.29, 0.717) is 36.2 Å². The number of primary sulfonamides is 1. The molecule has 2 aromatic carbocycles. The minimum absolute atomic E-state index is 0.114. The third kappa shape index (κ3) is 6.39. The van der Waals surface area contributed by atoms with Crippen LogP contribution >= 0.6 is 11.6 Å². The Morgan fingerprint density at radius 1 is 1.15 bits per heavy atom. The summed E-state index contributed by atoms with van der Waals surface area (Å²) in [7, 11) is -2.05. The van der Waals surface area contributed by atoms with Gasteiger partial charge in [-0.05, 0) is 48.7 Å². The molecule has 0 bridgehead atoms. The van der Waals surface area contributed by atoms with E-state index in [4.69, 9.17) is 26.2 Å². The minimum atomic E-state index is -3.65. The summed E-state index contributed by atoms with van der Waals surface area (Å²) in [6.07, 6.45) is 1.65. The number of nitrogens with two attached hydrogens (primary N) is 1. The van der Waals surface area contributed by atoms with Gasteiger partial charge in [0.2, 0.25) is 10.0 Å². The summed E-state index contributed by atoms with van der Waals surface area (Å²) in [5, 5.41) is 9.04. The molecule has 0 heterocycles. The summed E-state index contributed by atoms with van der Waals surface area (Å²) in [6, 6.07) is 10.2. The smallest absolute Gasteiger partial charge is 0.238 e. The second kappa shape index (κ2) is 9.94. The molecule has 8 heteroatoms. The molecule has 0 radical (unpaired) electrons. The van der Waals surface area contributed by atoms with Crippen LogP contribution in [0.1, 0.15) is 24.5 Å². The van der Waals surface area contributed by atoms with E-state index in [9.17, 15) is 8.42 Å². The van der Waals surface area contributed by atoms with Crippen molar-refractivity contribution in [1.82, 2.24) is 5.32 Å². The topological polar surface area (TPSA) is 90.6 Å². The first kappa shape index (κ1) is 21.5. The van der Waals surface area contributed by atoms with Crippen LogP contribution in [0.2, 0.25) is 5.02 Å². The molecule has 0 aliphatic rings. The Balaban J connectivity index is 1.91. The molecule has 0 spiro atoms. The number of hydrogen-bond acceptors (Lipinski definition) is 5. The lowest BCUT2D eigenvalue weighted by Crippen LogP contribution is -2.17. The van der Waals surface area contributed by atoms with Gasteiger partial charge in [0.05, 0.1) is 18.6 Å². The highest BCUT2D eigenvalue weighted by molar-refractivity contribution is 7.89. The Hall–Kier alpha value is -1.80. The minimum Gasteiger partial charge on any atom is -0.493 e. The highest BCUT2D eigenvalue weighted by Gasteiger charge is 2.11. The summed E-state index contributed by atoms with van der Waals surface area (Å²) in [4.78, 5) is 0.114. The number of nitrogens with one attached hydrogen (secondary N) is 1. The highest BCUT2D eigenvalue weighted by Crippen LogP contribution is 2.33. The summed E-state index contributed by atoms with van der Waals surface area (Å²) in [6.45, 7) is 3.93. The highest BCUT2D eigenvalue weighted by atomic mass is 35.5. The van der Waals surface area contributed by atoms with Gasteiger partial charge in [0.1, 0.15) is 0 Å². The van der Waals surface area contributed by atoms with E-state index in [1.54, 1.807) is 25.3 Å². The maximum absolute atomic E-state index is 11.3. The standard InChI is InChI=1S/C19H25ClN2O4S/c1-3-10-26-19-12-17(20)15(11-18(19)25-2)13-22-9-8-14-4-6-16(7-5-14)27(21,23)24/h4-7,11-12,22H,3,8-10,13H2,1-2H3,(H2,21,23,24). The summed E-state index contributed by atoms with van der Waals surface area (Å²) >= 11 is 6.35. The second-order valence-electron chi connectivity index (χ2n) is 6.06. The average Bonchev–Trinajstić information content (AvgIpc) is 2.64. The van der Waals surface area contributed by atoms with Crippen LogP contribution in [0.5, 0.6) is 11.5 Å². The van der Waals surface area contributed by atoms with Crippen molar-refractivity contribution in [3.05, 3.63) is 52.5 Å². The first-order valence-electron chi connectivity index (χ1n) is 8.66. The molecule has 148 valence electrons. The van der Waals surface area contributed by atoms with Gasteiger partial charge < -0.3 is 14.8 Å². The molecule has 0 fully saturated rings. The van der Waals surface area contributed by atoms with E-state index in [0.717, 1.165) is 24.0 Å². The van der Waals surface area contributed by atoms with E-state index in [-0.39, 0.29) is 4.90 Å². The molecule has 2 aromatic rings. The third-order valence-electron chi connectivity index (χ3n) is 3.95. The Morgan fingerprint density at radius 2 is 1.85 bits per heavy atom. The van der Waals surface area contributed by atoms with Gasteiger partial charge in [0, 0.05) is 17.6 Å². The Labute approximate surface area is 165 Å². The number of benzene rings is 2. The SMILES string of the molecule is CCCOc1cc(Cl)c(CNCCc2ccc(S(N)(=O)=O)cc2)cc1OC. The molecule has 0 unspecified atom stereocenters. The number of sulfonamides is 1. The Morgan fingerprint density at radius 3 is 2.44 bits per heavy atom. The van der Waals surface area contributed by atoms with E-state index < -0.39 is 10.0 Å². The van der Waals surface area contributed by atoms with Gasteiger partial charge in [-0.2, -0.15) is 0 Å². The molecule has 0 saturated heterocycles. The van der Waals surface area contributed by atoms with Crippen LogP contribution in [-0.4, -0.2) is 28.7 Å². The van der Waals surface area contributed by atoms with Crippen molar-refractivity contribution >= 4 is 21.6 Å². The van der Waals surface area contributed by atoms with Gasteiger partial charge in [-0.25, -0.2) is 13.6 Å². The molecule has 0 aliphatic carbocycles. The summed E-state index contributed by atoms with van der Waals surface area (Å²) in [5.74, 6) is 1.30. The molecular formula is C19H25ClN2O4S. The zero-order valence-corrected chi connectivity index (χ0v) is 17.1. The van der Waals surface area contributed by atoms with Crippen LogP contribution in [0, 0.1) is 0 Å². The zero-order valence-electron chi connectivity index (χ0n) is 15.5. The average molecular weight is 413 g/mol. The first-order valence-corrected chi connectivity index (χ1v) is 10.6. The van der Waals surface area contributed by atoms with Crippen LogP contribution in [0.15, 0.2) is 41.3 Å². The first-order chi connectivity index (χ1) is 12.8. The predicted molar refractivity (Wildman–Crippen MR) is 107 cm³/mol. The van der Waals surface area contributed by atoms with Gasteiger partial charge in [-0.3, -0.25) is 0 Å². The fourth-order valence-corrected chi connectivity index (χ4v) is 3.23. The van der Waals surface area contributed by atoms with Crippen molar-refractivity contribution in [3.63, 3.8) is 0 Å². The maximum atomic E-state index is 11.3. The van der Waals surface area contributed by atoms with Gasteiger partial charge in [-0.15, -0.1) is 0 Å². The molecule has 0 aromatic heterocycles. The molecular weight excluding hydrogens is 388 g/mol. The van der Waals surface area contributed by atoms with E-state index in [1.807, 2.05) is 13.0 Å². The van der Waals surface area contributed by atoms with Crippen molar-refractivity contribution in [3.8, 4) is 11.5 Å². The van der Waals surface area contributed by atoms with Gasteiger partial charge >= 0.3 is 0 Å². The molecule has 0 atom stereocenters. The lowest BCUT2D eigenvalue weighted by Gasteiger charge is -2.14. The monoisotopic (exact) mass is 412 g/mol. The van der Waals surface area contributed by atoms with Crippen molar-refractivity contribution in [1.29, 1.82) is 0 Å². The van der Waals surface area contributed by atoms with Crippen LogP contribution in [0.3, 0.4) is 0 Å². The van der Waals surface area contributed by atoms with Gasteiger partial charge in [-0.1, -0.05) is 30.7 Å². The maximum Gasteiger partial charge on any atom is 0.238 e. The lowest BCUT2D eigenvalue weighted by atomic mass is 10.1.